The number of halogens is 1. The molecule has 0 aromatic rings. The Morgan fingerprint density at radius 2 is 2.50 bits per heavy atom. The van der Waals surface area contributed by atoms with Crippen LogP contribution in [-0.4, -0.2) is 5.88 Å². The fourth-order valence-corrected chi connectivity index (χ4v) is 1.33. The van der Waals surface area contributed by atoms with Crippen LogP contribution >= 0.6 is 11.6 Å². The zero-order valence-electron chi connectivity index (χ0n) is 4.99. The smallest absolute Gasteiger partial charge is 0.0260 e. The maximum Gasteiger partial charge on any atom is 0.0260 e. The van der Waals surface area contributed by atoms with Crippen molar-refractivity contribution < 1.29 is 0 Å². The van der Waals surface area contributed by atoms with Gasteiger partial charge in [0.2, 0.25) is 0 Å². The molecule has 0 unspecified atom stereocenters. The van der Waals surface area contributed by atoms with Gasteiger partial charge in [-0.05, 0) is 25.7 Å². The maximum atomic E-state index is 5.54. The first-order valence-electron chi connectivity index (χ1n) is 3.17. The van der Waals surface area contributed by atoms with Gasteiger partial charge in [0.15, 0.2) is 0 Å². The summed E-state index contributed by atoms with van der Waals surface area (Å²) in [5.74, 6) is 0.797. The van der Waals surface area contributed by atoms with Crippen molar-refractivity contribution in [2.45, 2.75) is 25.7 Å². The van der Waals surface area contributed by atoms with Gasteiger partial charge in [-0.25, -0.2) is 0 Å². The van der Waals surface area contributed by atoms with Crippen LogP contribution in [-0.2, 0) is 0 Å². The van der Waals surface area contributed by atoms with Gasteiger partial charge < -0.3 is 0 Å². The van der Waals surface area contributed by atoms with Gasteiger partial charge in [0.05, 0.1) is 0 Å². The Bertz CT molecular complexity index is 94.6. The largest absolute Gasteiger partial charge is 0.126 e. The highest BCUT2D eigenvalue weighted by Crippen LogP contribution is 2.20. The van der Waals surface area contributed by atoms with Crippen LogP contribution in [0.25, 0.3) is 0 Å². The van der Waals surface area contributed by atoms with E-state index >= 15 is 0 Å². The van der Waals surface area contributed by atoms with E-state index in [1.807, 2.05) is 0 Å². The molecule has 0 spiro atoms. The molecule has 0 saturated carbocycles. The van der Waals surface area contributed by atoms with Crippen LogP contribution in [0.1, 0.15) is 25.7 Å². The number of allylic oxidation sites excluding steroid dienone is 2. The van der Waals surface area contributed by atoms with E-state index in [-0.39, 0.29) is 0 Å². The second kappa shape index (κ2) is 3.13. The van der Waals surface area contributed by atoms with Crippen molar-refractivity contribution in [3.8, 4) is 0 Å². The Kier molecular flexibility index (Phi) is 2.41. The van der Waals surface area contributed by atoms with Gasteiger partial charge in [-0.15, -0.1) is 11.6 Å². The van der Waals surface area contributed by atoms with Crippen molar-refractivity contribution >= 4 is 11.6 Å². The normalized spacial score (nSPS) is 18.9. The van der Waals surface area contributed by atoms with Crippen molar-refractivity contribution in [1.29, 1.82) is 0 Å². The molecule has 0 N–H and O–H groups in total. The average Bonchev–Trinajstić information content (AvgIpc) is 2.19. The van der Waals surface area contributed by atoms with E-state index < -0.39 is 0 Å². The molecular weight excluding hydrogens is 120 g/mol. The summed E-state index contributed by atoms with van der Waals surface area (Å²) in [4.78, 5) is 0. The summed E-state index contributed by atoms with van der Waals surface area (Å²) < 4.78 is 0. The fraction of sp³-hybridized carbons (Fsp3) is 0.714. The summed E-state index contributed by atoms with van der Waals surface area (Å²) in [6.07, 6.45) is 7.37. The van der Waals surface area contributed by atoms with Crippen molar-refractivity contribution in [2.24, 2.45) is 0 Å². The van der Waals surface area contributed by atoms with Gasteiger partial charge >= 0.3 is 0 Å². The van der Waals surface area contributed by atoms with Crippen molar-refractivity contribution in [2.75, 3.05) is 5.88 Å². The lowest BCUT2D eigenvalue weighted by Gasteiger charge is -1.92. The van der Waals surface area contributed by atoms with Crippen LogP contribution < -0.4 is 0 Å². The minimum absolute atomic E-state index is 0.797. The number of hydrogen-bond donors (Lipinski definition) is 0. The van der Waals surface area contributed by atoms with E-state index in [4.69, 9.17) is 11.6 Å². The third-order valence-corrected chi connectivity index (χ3v) is 1.74. The Labute approximate surface area is 55.5 Å². The molecule has 0 saturated heterocycles. The van der Waals surface area contributed by atoms with E-state index in [1.54, 1.807) is 5.57 Å². The Hall–Kier alpha value is 0.0300. The molecule has 8 heavy (non-hydrogen) atoms. The first-order chi connectivity index (χ1) is 3.93. The molecule has 0 aliphatic heterocycles. The van der Waals surface area contributed by atoms with Crippen LogP contribution in [0, 0.1) is 0 Å². The molecule has 0 heterocycles. The van der Waals surface area contributed by atoms with Gasteiger partial charge in [0.1, 0.15) is 0 Å². The summed E-state index contributed by atoms with van der Waals surface area (Å²) in [7, 11) is 0. The van der Waals surface area contributed by atoms with Crippen LogP contribution in [0.2, 0.25) is 0 Å². The molecule has 0 radical (unpaired) electrons. The van der Waals surface area contributed by atoms with Gasteiger partial charge in [0, 0.05) is 5.88 Å². The monoisotopic (exact) mass is 130 g/mol. The predicted octanol–water partition coefficient (Wildman–Crippen LogP) is 2.73. The zero-order chi connectivity index (χ0) is 5.82. The highest BCUT2D eigenvalue weighted by molar-refractivity contribution is 6.17. The Morgan fingerprint density at radius 1 is 1.62 bits per heavy atom. The first-order valence-corrected chi connectivity index (χ1v) is 3.71. The lowest BCUT2D eigenvalue weighted by atomic mass is 10.2. The summed E-state index contributed by atoms with van der Waals surface area (Å²) in [6.45, 7) is 0. The number of rotatable bonds is 2. The quantitative estimate of drug-likeness (QED) is 0.398. The first kappa shape index (κ1) is 6.15. The molecule has 1 heteroatoms. The Morgan fingerprint density at radius 3 is 3.00 bits per heavy atom. The average molecular weight is 131 g/mol. The second-order valence-electron chi connectivity index (χ2n) is 2.19. The molecule has 0 fully saturated rings. The molecule has 0 bridgehead atoms. The van der Waals surface area contributed by atoms with Crippen LogP contribution in [0.5, 0.6) is 0 Å². The highest BCUT2D eigenvalue weighted by atomic mass is 35.5. The summed E-state index contributed by atoms with van der Waals surface area (Å²) >= 11 is 5.54. The molecular formula is C7H11Cl. The van der Waals surface area contributed by atoms with E-state index in [0.29, 0.717) is 0 Å². The van der Waals surface area contributed by atoms with Crippen LogP contribution in [0.3, 0.4) is 0 Å². The molecule has 0 atom stereocenters. The number of hydrogen-bond acceptors (Lipinski definition) is 0. The van der Waals surface area contributed by atoms with E-state index in [1.165, 1.54) is 19.3 Å². The molecule has 1 aliphatic rings. The molecule has 0 aromatic heterocycles. The zero-order valence-corrected chi connectivity index (χ0v) is 5.75. The fourth-order valence-electron chi connectivity index (χ4n) is 1.09. The highest BCUT2D eigenvalue weighted by Gasteiger charge is 2.01. The molecule has 1 aliphatic carbocycles. The lowest BCUT2D eigenvalue weighted by Crippen LogP contribution is -1.77. The van der Waals surface area contributed by atoms with Crippen LogP contribution in [0.4, 0.5) is 0 Å². The van der Waals surface area contributed by atoms with Crippen molar-refractivity contribution in [3.05, 3.63) is 11.6 Å². The topological polar surface area (TPSA) is 0 Å². The van der Waals surface area contributed by atoms with Crippen LogP contribution in [0.15, 0.2) is 11.6 Å². The standard InChI is InChI=1S/C7H11Cl/c8-6-5-7-3-1-2-4-7/h3H,1-2,4-6H2. The summed E-state index contributed by atoms with van der Waals surface area (Å²) in [6, 6.07) is 0. The predicted molar refractivity (Wildman–Crippen MR) is 37.3 cm³/mol. The number of alkyl halides is 1. The molecule has 46 valence electrons. The van der Waals surface area contributed by atoms with Gasteiger partial charge in [-0.1, -0.05) is 11.6 Å². The Balaban J connectivity index is 2.23. The van der Waals surface area contributed by atoms with Gasteiger partial charge in [-0.2, -0.15) is 0 Å². The molecule has 1 rings (SSSR count). The summed E-state index contributed by atoms with van der Waals surface area (Å²) in [5.41, 5.74) is 1.57. The molecule has 0 aromatic carbocycles. The van der Waals surface area contributed by atoms with Crippen molar-refractivity contribution in [3.63, 3.8) is 0 Å². The third-order valence-electron chi connectivity index (χ3n) is 1.55. The minimum Gasteiger partial charge on any atom is -0.126 e. The van der Waals surface area contributed by atoms with Gasteiger partial charge in [-0.3, -0.25) is 0 Å². The lowest BCUT2D eigenvalue weighted by molar-refractivity contribution is 0.881. The second-order valence-corrected chi connectivity index (χ2v) is 2.57. The van der Waals surface area contributed by atoms with Crippen molar-refractivity contribution in [1.82, 2.24) is 0 Å². The molecule has 0 nitrogen and oxygen atoms in total. The minimum atomic E-state index is 0.797. The SMILES string of the molecule is ClCCC1=CCCC1. The maximum absolute atomic E-state index is 5.54. The van der Waals surface area contributed by atoms with Gasteiger partial charge in [0.25, 0.3) is 0 Å². The van der Waals surface area contributed by atoms with E-state index in [9.17, 15) is 0 Å². The van der Waals surface area contributed by atoms with E-state index in [0.717, 1.165) is 12.3 Å². The van der Waals surface area contributed by atoms with E-state index in [2.05, 4.69) is 6.08 Å². The molecule has 0 amide bonds. The third kappa shape index (κ3) is 1.52. The summed E-state index contributed by atoms with van der Waals surface area (Å²) in [5, 5.41) is 0.